The van der Waals surface area contributed by atoms with Gasteiger partial charge in [-0.05, 0) is 0 Å². The Morgan fingerprint density at radius 3 is 3.40 bits per heavy atom. The third-order valence-electron chi connectivity index (χ3n) is 2.96. The van der Waals surface area contributed by atoms with Gasteiger partial charge in [0.15, 0.2) is 0 Å². The Balaban J connectivity index is 1.88. The first-order valence-electron chi connectivity index (χ1n) is 4.24. The number of hydrogen-bond donors (Lipinski definition) is 0. The van der Waals surface area contributed by atoms with Crippen LogP contribution in [-0.2, 0) is 0 Å². The van der Waals surface area contributed by atoms with Crippen molar-refractivity contribution in [1.29, 1.82) is 0 Å². The molecule has 2 unspecified atom stereocenters. The molecule has 0 amide bonds. The number of allylic oxidation sites excluding steroid dienone is 2. The molecule has 2 aliphatic heterocycles. The van der Waals surface area contributed by atoms with E-state index in [1.807, 2.05) is 3.58 Å². The van der Waals surface area contributed by atoms with Gasteiger partial charge in [0, 0.05) is 0 Å². The SMILES string of the molecule is C1=C2CC3CC3CI2CC1. The van der Waals surface area contributed by atoms with Crippen LogP contribution in [-0.4, -0.2) is 8.86 Å². The zero-order chi connectivity index (χ0) is 6.55. The van der Waals surface area contributed by atoms with Gasteiger partial charge in [0.25, 0.3) is 0 Å². The van der Waals surface area contributed by atoms with Crippen LogP contribution in [0.1, 0.15) is 19.3 Å². The quantitative estimate of drug-likeness (QED) is 0.456. The van der Waals surface area contributed by atoms with Crippen molar-refractivity contribution in [2.24, 2.45) is 11.8 Å². The molecule has 0 bridgehead atoms. The number of halogens is 1. The normalized spacial score (nSPS) is 46.0. The molecule has 1 saturated carbocycles. The summed E-state index contributed by atoms with van der Waals surface area (Å²) in [4.78, 5) is 0. The van der Waals surface area contributed by atoms with Crippen molar-refractivity contribution >= 4 is 19.8 Å². The predicted molar refractivity (Wildman–Crippen MR) is 52.7 cm³/mol. The predicted octanol–water partition coefficient (Wildman–Crippen LogP) is 2.82. The molecule has 3 aliphatic rings. The average molecular weight is 248 g/mol. The van der Waals surface area contributed by atoms with Crippen molar-refractivity contribution in [3.05, 3.63) is 9.66 Å². The van der Waals surface area contributed by atoms with Gasteiger partial charge in [0.2, 0.25) is 0 Å². The van der Waals surface area contributed by atoms with Crippen LogP contribution in [0.15, 0.2) is 9.66 Å². The van der Waals surface area contributed by atoms with Gasteiger partial charge in [-0.2, -0.15) is 0 Å². The maximum atomic E-state index is 2.58. The fourth-order valence-electron chi connectivity index (χ4n) is 2.18. The summed E-state index contributed by atoms with van der Waals surface area (Å²) >= 11 is -0.408. The van der Waals surface area contributed by atoms with Crippen molar-refractivity contribution in [3.63, 3.8) is 0 Å². The van der Waals surface area contributed by atoms with Crippen LogP contribution in [0.2, 0.25) is 0 Å². The van der Waals surface area contributed by atoms with Crippen LogP contribution in [0.25, 0.3) is 0 Å². The Kier molecular flexibility index (Phi) is 1.20. The van der Waals surface area contributed by atoms with Gasteiger partial charge >= 0.3 is 69.4 Å². The van der Waals surface area contributed by atoms with Crippen LogP contribution in [0, 0.1) is 11.8 Å². The Morgan fingerprint density at radius 2 is 2.40 bits per heavy atom. The number of rotatable bonds is 0. The second-order valence-electron chi connectivity index (χ2n) is 3.70. The van der Waals surface area contributed by atoms with Gasteiger partial charge in [-0.25, -0.2) is 0 Å². The zero-order valence-electron chi connectivity index (χ0n) is 6.15. The summed E-state index contributed by atoms with van der Waals surface area (Å²) in [7, 11) is 0. The van der Waals surface area contributed by atoms with E-state index in [0.717, 1.165) is 0 Å². The van der Waals surface area contributed by atoms with Crippen molar-refractivity contribution in [1.82, 2.24) is 0 Å². The van der Waals surface area contributed by atoms with E-state index >= 15 is 0 Å². The standard InChI is InChI=1S/C9H13I/c1-2-9-5-7-4-8(7)6-10(9)3-1/h2,7-8H,1,3-6H2. The minimum atomic E-state index is -0.408. The molecule has 1 saturated heterocycles. The van der Waals surface area contributed by atoms with E-state index in [4.69, 9.17) is 0 Å². The molecule has 0 aromatic rings. The van der Waals surface area contributed by atoms with E-state index in [9.17, 15) is 0 Å². The average Bonchev–Trinajstić information content (AvgIpc) is 2.52. The molecule has 1 heteroatoms. The van der Waals surface area contributed by atoms with Gasteiger partial charge in [-0.1, -0.05) is 0 Å². The molecule has 2 atom stereocenters. The molecule has 10 heavy (non-hydrogen) atoms. The van der Waals surface area contributed by atoms with E-state index in [0.29, 0.717) is 0 Å². The number of hydrogen-bond acceptors (Lipinski definition) is 0. The molecule has 2 heterocycles. The van der Waals surface area contributed by atoms with Crippen LogP contribution < -0.4 is 0 Å². The van der Waals surface area contributed by atoms with Crippen LogP contribution in [0.5, 0.6) is 0 Å². The fraction of sp³-hybridized carbons (Fsp3) is 0.778. The topological polar surface area (TPSA) is 0 Å². The molecule has 56 valence electrons. The molecule has 0 aromatic carbocycles. The summed E-state index contributed by atoms with van der Waals surface area (Å²) in [5.74, 6) is 2.42. The molecule has 3 rings (SSSR count). The molecule has 0 N–H and O–H groups in total. The fourth-order valence-corrected chi connectivity index (χ4v) is 9.51. The molecule has 0 radical (unpaired) electrons. The molecule has 0 aromatic heterocycles. The van der Waals surface area contributed by atoms with Crippen molar-refractivity contribution in [3.8, 4) is 0 Å². The van der Waals surface area contributed by atoms with Crippen LogP contribution in [0.4, 0.5) is 0 Å². The Morgan fingerprint density at radius 1 is 1.40 bits per heavy atom. The Hall–Kier alpha value is 0.470. The van der Waals surface area contributed by atoms with E-state index in [-0.39, 0.29) is 0 Å². The first kappa shape index (κ1) is 6.04. The maximum absolute atomic E-state index is 2.58. The van der Waals surface area contributed by atoms with E-state index in [2.05, 4.69) is 6.08 Å². The van der Waals surface area contributed by atoms with E-state index in [1.165, 1.54) is 18.3 Å². The van der Waals surface area contributed by atoms with Crippen LogP contribution in [0.3, 0.4) is 0 Å². The molecular weight excluding hydrogens is 235 g/mol. The van der Waals surface area contributed by atoms with Crippen LogP contribution >= 0.6 is 19.8 Å². The van der Waals surface area contributed by atoms with E-state index in [1.54, 1.807) is 21.7 Å². The van der Waals surface area contributed by atoms with Gasteiger partial charge in [0.1, 0.15) is 0 Å². The molecule has 0 spiro atoms. The van der Waals surface area contributed by atoms with Gasteiger partial charge in [0.05, 0.1) is 0 Å². The summed E-state index contributed by atoms with van der Waals surface area (Å²) in [6.07, 6.45) is 7.19. The molecular formula is C9H13I. The monoisotopic (exact) mass is 248 g/mol. The Bertz CT molecular complexity index is 195. The first-order chi connectivity index (χ1) is 4.93. The summed E-state index contributed by atoms with van der Waals surface area (Å²) in [5, 5.41) is 0. The third kappa shape index (κ3) is 0.789. The second-order valence-corrected chi connectivity index (χ2v) is 9.65. The third-order valence-corrected chi connectivity index (χ3v) is 9.92. The zero-order valence-corrected chi connectivity index (χ0v) is 8.30. The number of fused-ring (bicyclic) bond motifs is 2. The van der Waals surface area contributed by atoms with Crippen molar-refractivity contribution in [2.75, 3.05) is 8.86 Å². The van der Waals surface area contributed by atoms with E-state index < -0.39 is 19.8 Å². The minimum absolute atomic E-state index is 0.408. The Labute approximate surface area is 69.5 Å². The van der Waals surface area contributed by atoms with Gasteiger partial charge < -0.3 is 0 Å². The summed E-state index contributed by atoms with van der Waals surface area (Å²) in [6.45, 7) is 0. The van der Waals surface area contributed by atoms with Crippen molar-refractivity contribution in [2.45, 2.75) is 19.3 Å². The van der Waals surface area contributed by atoms with Crippen molar-refractivity contribution < 1.29 is 0 Å². The second kappa shape index (κ2) is 1.99. The molecule has 1 aliphatic carbocycles. The first-order valence-corrected chi connectivity index (χ1v) is 8.37. The summed E-state index contributed by atoms with van der Waals surface area (Å²) in [5.41, 5.74) is 0. The molecule has 0 nitrogen and oxygen atoms in total. The summed E-state index contributed by atoms with van der Waals surface area (Å²) < 4.78 is 5.34. The number of alkyl halides is 2. The van der Waals surface area contributed by atoms with Gasteiger partial charge in [-0.3, -0.25) is 0 Å². The molecule has 2 fully saturated rings. The van der Waals surface area contributed by atoms with Gasteiger partial charge in [-0.15, -0.1) is 0 Å². The summed E-state index contributed by atoms with van der Waals surface area (Å²) in [6, 6.07) is 0.